The van der Waals surface area contributed by atoms with Gasteiger partial charge in [0.05, 0.1) is 0 Å². The quantitative estimate of drug-likeness (QED) is 0.835. The maximum absolute atomic E-state index is 11.3. The van der Waals surface area contributed by atoms with Gasteiger partial charge in [-0.1, -0.05) is 72.8 Å². The van der Waals surface area contributed by atoms with Crippen molar-refractivity contribution in [1.29, 1.82) is 0 Å². The molecule has 0 saturated carbocycles. The number of carbonyl (C=O) groups is 1. The molecule has 0 saturated heterocycles. The maximum Gasteiger partial charge on any atom is 0.316 e. The van der Waals surface area contributed by atoms with E-state index >= 15 is 0 Å². The molecule has 1 unspecified atom stereocenters. The lowest BCUT2D eigenvalue weighted by molar-refractivity contribution is -0.136. The predicted molar refractivity (Wildman–Crippen MR) is 89.5 cm³/mol. The highest BCUT2D eigenvalue weighted by Gasteiger charge is 2.17. The summed E-state index contributed by atoms with van der Waals surface area (Å²) in [4.78, 5) is 11.3. The molecule has 108 valence electrons. The number of hydrogen-bond donors (Lipinski definition) is 1. The molecule has 0 aliphatic carbocycles. The number of thioether (sulfide) groups is 1. The van der Waals surface area contributed by atoms with Crippen LogP contribution in [0.2, 0.25) is 0 Å². The van der Waals surface area contributed by atoms with Crippen LogP contribution in [-0.4, -0.2) is 22.1 Å². The third-order valence-corrected chi connectivity index (χ3v) is 4.20. The smallest absolute Gasteiger partial charge is 0.316 e. The maximum atomic E-state index is 11.3. The average molecular weight is 298 g/mol. The van der Waals surface area contributed by atoms with Crippen LogP contribution in [-0.2, 0) is 11.2 Å². The van der Waals surface area contributed by atoms with E-state index in [9.17, 15) is 9.90 Å². The molecule has 21 heavy (non-hydrogen) atoms. The van der Waals surface area contributed by atoms with E-state index in [4.69, 9.17) is 0 Å². The zero-order valence-corrected chi connectivity index (χ0v) is 12.5. The van der Waals surface area contributed by atoms with Gasteiger partial charge in [0.15, 0.2) is 0 Å². The lowest BCUT2D eigenvalue weighted by Gasteiger charge is -2.10. The summed E-state index contributed by atoms with van der Waals surface area (Å²) in [5, 5.41) is 8.90. The molecule has 0 aliphatic rings. The molecule has 1 N–H and O–H groups in total. The van der Waals surface area contributed by atoms with Crippen LogP contribution in [0.1, 0.15) is 11.1 Å². The summed E-state index contributed by atoms with van der Waals surface area (Å²) in [6.07, 6.45) is 4.59. The molecule has 0 radical (unpaired) electrons. The second-order valence-corrected chi connectivity index (χ2v) is 5.90. The van der Waals surface area contributed by atoms with Crippen molar-refractivity contribution in [3.05, 3.63) is 77.9 Å². The van der Waals surface area contributed by atoms with Gasteiger partial charge >= 0.3 is 5.97 Å². The second-order valence-electron chi connectivity index (χ2n) is 4.66. The molecule has 0 aliphatic heterocycles. The summed E-state index contributed by atoms with van der Waals surface area (Å²) in [5.41, 5.74) is 2.19. The summed E-state index contributed by atoms with van der Waals surface area (Å²) < 4.78 is 0. The number of carboxylic acids is 1. The van der Waals surface area contributed by atoms with Gasteiger partial charge in [-0.25, -0.2) is 0 Å². The minimum atomic E-state index is -0.753. The summed E-state index contributed by atoms with van der Waals surface area (Å²) in [6, 6.07) is 19.8. The number of carboxylic acid groups (broad SMARTS) is 1. The highest BCUT2D eigenvalue weighted by Crippen LogP contribution is 2.17. The highest BCUT2D eigenvalue weighted by atomic mass is 32.2. The zero-order valence-electron chi connectivity index (χ0n) is 11.7. The average Bonchev–Trinajstić information content (AvgIpc) is 2.52. The van der Waals surface area contributed by atoms with Gasteiger partial charge in [-0.15, -0.1) is 11.8 Å². The molecular weight excluding hydrogens is 280 g/mol. The van der Waals surface area contributed by atoms with E-state index in [2.05, 4.69) is 0 Å². The van der Waals surface area contributed by atoms with Crippen LogP contribution >= 0.6 is 11.8 Å². The van der Waals surface area contributed by atoms with E-state index in [1.54, 1.807) is 0 Å². The van der Waals surface area contributed by atoms with E-state index in [-0.39, 0.29) is 0 Å². The first-order valence-electron chi connectivity index (χ1n) is 6.85. The Morgan fingerprint density at radius 2 is 1.67 bits per heavy atom. The van der Waals surface area contributed by atoms with Gasteiger partial charge in [0.2, 0.25) is 0 Å². The van der Waals surface area contributed by atoms with Gasteiger partial charge in [0, 0.05) is 5.75 Å². The van der Waals surface area contributed by atoms with Crippen LogP contribution in [0.15, 0.2) is 66.7 Å². The standard InChI is InChI=1S/C18H18O2S/c19-18(20)17(14-16-10-5-2-6-11-16)21-13-7-12-15-8-3-1-4-9-15/h1-12,17H,13-14H2,(H,19,20)/b12-7+. The molecule has 2 nitrogen and oxygen atoms in total. The van der Waals surface area contributed by atoms with Crippen molar-refractivity contribution in [3.8, 4) is 0 Å². The van der Waals surface area contributed by atoms with Gasteiger partial charge in [0.25, 0.3) is 0 Å². The van der Waals surface area contributed by atoms with E-state index < -0.39 is 11.2 Å². The van der Waals surface area contributed by atoms with Crippen LogP contribution in [0.5, 0.6) is 0 Å². The predicted octanol–water partition coefficient (Wildman–Crippen LogP) is 4.13. The normalized spacial score (nSPS) is 12.4. The van der Waals surface area contributed by atoms with Gasteiger partial charge in [-0.05, 0) is 17.5 Å². The lowest BCUT2D eigenvalue weighted by atomic mass is 10.1. The zero-order chi connectivity index (χ0) is 14.9. The summed E-state index contributed by atoms with van der Waals surface area (Å²) in [5.74, 6) is -0.0597. The minimum absolute atomic E-state index is 0.409. The van der Waals surface area contributed by atoms with Crippen molar-refractivity contribution in [3.63, 3.8) is 0 Å². The number of hydrogen-bond acceptors (Lipinski definition) is 2. The van der Waals surface area contributed by atoms with Crippen LogP contribution < -0.4 is 0 Å². The fraction of sp³-hybridized carbons (Fsp3) is 0.167. The summed E-state index contributed by atoms with van der Waals surface area (Å²) in [6.45, 7) is 0. The first-order chi connectivity index (χ1) is 10.3. The number of benzene rings is 2. The second kappa shape index (κ2) is 8.32. The molecule has 0 aromatic heterocycles. The summed E-state index contributed by atoms with van der Waals surface area (Å²) in [7, 11) is 0. The first kappa shape index (κ1) is 15.4. The third-order valence-electron chi connectivity index (χ3n) is 3.04. The molecule has 2 aromatic rings. The van der Waals surface area contributed by atoms with Gasteiger partial charge in [-0.3, -0.25) is 4.79 Å². The van der Waals surface area contributed by atoms with Crippen LogP contribution in [0, 0.1) is 0 Å². The third kappa shape index (κ3) is 5.48. The van der Waals surface area contributed by atoms with Crippen molar-refractivity contribution in [2.75, 3.05) is 5.75 Å². The molecule has 1 atom stereocenters. The topological polar surface area (TPSA) is 37.3 Å². The van der Waals surface area contributed by atoms with Crippen LogP contribution in [0.3, 0.4) is 0 Å². The lowest BCUT2D eigenvalue weighted by Crippen LogP contribution is -2.19. The fourth-order valence-corrected chi connectivity index (χ4v) is 2.86. The van der Waals surface area contributed by atoms with Crippen molar-refractivity contribution < 1.29 is 9.90 Å². The SMILES string of the molecule is O=C(O)C(Cc1ccccc1)SC/C=C/c1ccccc1. The molecule has 0 bridgehead atoms. The molecule has 0 fully saturated rings. The molecule has 3 heteroatoms. The van der Waals surface area contributed by atoms with Gasteiger partial charge < -0.3 is 5.11 Å². The Morgan fingerprint density at radius 1 is 1.05 bits per heavy atom. The molecular formula is C18H18O2S. The van der Waals surface area contributed by atoms with Crippen molar-refractivity contribution in [2.45, 2.75) is 11.7 Å². The number of aliphatic carboxylic acids is 1. The Hall–Kier alpha value is -2.00. The monoisotopic (exact) mass is 298 g/mol. The fourth-order valence-electron chi connectivity index (χ4n) is 1.97. The van der Waals surface area contributed by atoms with E-state index in [1.807, 2.05) is 72.8 Å². The van der Waals surface area contributed by atoms with E-state index in [0.717, 1.165) is 11.1 Å². The van der Waals surface area contributed by atoms with E-state index in [0.29, 0.717) is 12.2 Å². The molecule has 0 heterocycles. The Kier molecular flexibility index (Phi) is 6.10. The molecule has 2 rings (SSSR count). The van der Waals surface area contributed by atoms with E-state index in [1.165, 1.54) is 11.8 Å². The molecule has 0 amide bonds. The number of rotatable bonds is 7. The van der Waals surface area contributed by atoms with Crippen molar-refractivity contribution >= 4 is 23.8 Å². The van der Waals surface area contributed by atoms with Gasteiger partial charge in [0.1, 0.15) is 5.25 Å². The Morgan fingerprint density at radius 3 is 2.29 bits per heavy atom. The Labute approximate surface area is 129 Å². The summed E-state index contributed by atoms with van der Waals surface area (Å²) >= 11 is 1.46. The Balaban J connectivity index is 1.86. The molecule has 2 aromatic carbocycles. The van der Waals surface area contributed by atoms with Crippen molar-refractivity contribution in [1.82, 2.24) is 0 Å². The largest absolute Gasteiger partial charge is 0.480 e. The first-order valence-corrected chi connectivity index (χ1v) is 7.90. The van der Waals surface area contributed by atoms with Crippen molar-refractivity contribution in [2.24, 2.45) is 0 Å². The minimum Gasteiger partial charge on any atom is -0.480 e. The van der Waals surface area contributed by atoms with Crippen LogP contribution in [0.25, 0.3) is 6.08 Å². The molecule has 0 spiro atoms. The van der Waals surface area contributed by atoms with Crippen LogP contribution in [0.4, 0.5) is 0 Å². The van der Waals surface area contributed by atoms with Gasteiger partial charge in [-0.2, -0.15) is 0 Å². The Bertz CT molecular complexity index is 579. The highest BCUT2D eigenvalue weighted by molar-refractivity contribution is 8.00.